The Morgan fingerprint density at radius 3 is 2.94 bits per heavy atom. The lowest BCUT2D eigenvalue weighted by Gasteiger charge is -2.15. The van der Waals surface area contributed by atoms with Crippen molar-refractivity contribution in [2.75, 3.05) is 25.0 Å². The van der Waals surface area contributed by atoms with E-state index in [2.05, 4.69) is 16.9 Å². The number of rotatable bonds is 4. The monoisotopic (exact) mass is 231 g/mol. The van der Waals surface area contributed by atoms with Crippen molar-refractivity contribution in [3.63, 3.8) is 0 Å². The molecule has 0 aliphatic carbocycles. The van der Waals surface area contributed by atoms with Crippen molar-refractivity contribution in [3.8, 4) is 0 Å². The lowest BCUT2D eigenvalue weighted by atomic mass is 10.2. The van der Waals surface area contributed by atoms with Gasteiger partial charge in [-0.15, -0.1) is 6.58 Å². The van der Waals surface area contributed by atoms with Crippen LogP contribution in [0.1, 0.15) is 23.2 Å². The molecule has 0 atom stereocenters. The fourth-order valence-corrected chi connectivity index (χ4v) is 1.95. The molecular formula is C13H17N3O. The van der Waals surface area contributed by atoms with Crippen molar-refractivity contribution < 1.29 is 4.79 Å². The average Bonchev–Trinajstić information content (AvgIpc) is 2.89. The average molecular weight is 231 g/mol. The molecule has 0 radical (unpaired) electrons. The summed E-state index contributed by atoms with van der Waals surface area (Å²) < 4.78 is 0. The minimum absolute atomic E-state index is 0.0808. The second-order valence-corrected chi connectivity index (χ2v) is 4.13. The zero-order valence-corrected chi connectivity index (χ0v) is 9.85. The van der Waals surface area contributed by atoms with Gasteiger partial charge in [-0.25, -0.2) is 0 Å². The van der Waals surface area contributed by atoms with E-state index in [1.54, 1.807) is 18.5 Å². The minimum atomic E-state index is 0.0808. The first-order valence-electron chi connectivity index (χ1n) is 5.90. The highest BCUT2D eigenvalue weighted by Crippen LogP contribution is 2.14. The zero-order valence-electron chi connectivity index (χ0n) is 9.85. The Balaban J connectivity index is 2.08. The van der Waals surface area contributed by atoms with Crippen LogP contribution in [-0.4, -0.2) is 35.4 Å². The SMILES string of the molecule is C=CCNc1cncc(C(=O)N2CCCC2)c1. The molecule has 17 heavy (non-hydrogen) atoms. The van der Waals surface area contributed by atoms with Crippen LogP contribution in [0.25, 0.3) is 0 Å². The number of nitrogens with one attached hydrogen (secondary N) is 1. The van der Waals surface area contributed by atoms with Gasteiger partial charge in [-0.1, -0.05) is 6.08 Å². The van der Waals surface area contributed by atoms with Crippen molar-refractivity contribution in [2.45, 2.75) is 12.8 Å². The molecule has 1 aliphatic heterocycles. The molecular weight excluding hydrogens is 214 g/mol. The van der Waals surface area contributed by atoms with E-state index in [9.17, 15) is 4.79 Å². The number of likely N-dealkylation sites (tertiary alicyclic amines) is 1. The fourth-order valence-electron chi connectivity index (χ4n) is 1.95. The fraction of sp³-hybridized carbons (Fsp3) is 0.385. The molecule has 1 aliphatic rings. The third kappa shape index (κ3) is 2.84. The van der Waals surface area contributed by atoms with E-state index in [0.717, 1.165) is 31.6 Å². The number of hydrogen-bond donors (Lipinski definition) is 1. The quantitative estimate of drug-likeness (QED) is 0.805. The minimum Gasteiger partial charge on any atom is -0.380 e. The van der Waals surface area contributed by atoms with E-state index >= 15 is 0 Å². The number of hydrogen-bond acceptors (Lipinski definition) is 3. The molecule has 1 amide bonds. The van der Waals surface area contributed by atoms with Gasteiger partial charge in [0.15, 0.2) is 0 Å². The van der Waals surface area contributed by atoms with Crippen LogP contribution in [0.3, 0.4) is 0 Å². The van der Waals surface area contributed by atoms with Crippen molar-refractivity contribution in [1.82, 2.24) is 9.88 Å². The number of amides is 1. The summed E-state index contributed by atoms with van der Waals surface area (Å²) in [6.07, 6.45) is 7.32. The molecule has 0 unspecified atom stereocenters. The number of nitrogens with zero attached hydrogens (tertiary/aromatic N) is 2. The number of anilines is 1. The topological polar surface area (TPSA) is 45.2 Å². The molecule has 1 saturated heterocycles. The van der Waals surface area contributed by atoms with Crippen LogP contribution in [0.2, 0.25) is 0 Å². The summed E-state index contributed by atoms with van der Waals surface area (Å²) >= 11 is 0. The molecule has 1 aromatic rings. The van der Waals surface area contributed by atoms with E-state index in [4.69, 9.17) is 0 Å². The molecule has 0 aromatic carbocycles. The standard InChI is InChI=1S/C13H17N3O/c1-2-5-15-12-8-11(9-14-10-12)13(17)16-6-3-4-7-16/h2,8-10,15H,1,3-7H2. The van der Waals surface area contributed by atoms with Crippen LogP contribution in [0.4, 0.5) is 5.69 Å². The maximum Gasteiger partial charge on any atom is 0.255 e. The Bertz CT molecular complexity index is 411. The van der Waals surface area contributed by atoms with Gasteiger partial charge in [0.2, 0.25) is 0 Å². The molecule has 0 saturated carbocycles. The van der Waals surface area contributed by atoms with Gasteiger partial charge in [-0.2, -0.15) is 0 Å². The van der Waals surface area contributed by atoms with Crippen molar-refractivity contribution >= 4 is 11.6 Å². The summed E-state index contributed by atoms with van der Waals surface area (Å²) in [6.45, 7) is 6.04. The number of aromatic nitrogens is 1. The molecule has 2 rings (SSSR count). The lowest BCUT2D eigenvalue weighted by molar-refractivity contribution is 0.0792. The smallest absolute Gasteiger partial charge is 0.255 e. The van der Waals surface area contributed by atoms with Gasteiger partial charge < -0.3 is 10.2 Å². The second kappa shape index (κ2) is 5.48. The van der Waals surface area contributed by atoms with Gasteiger partial charge in [-0.3, -0.25) is 9.78 Å². The molecule has 4 heteroatoms. The lowest BCUT2D eigenvalue weighted by Crippen LogP contribution is -2.27. The van der Waals surface area contributed by atoms with E-state index in [-0.39, 0.29) is 5.91 Å². The Morgan fingerprint density at radius 2 is 2.24 bits per heavy atom. The highest BCUT2D eigenvalue weighted by molar-refractivity contribution is 5.94. The van der Waals surface area contributed by atoms with Gasteiger partial charge in [0.05, 0.1) is 11.3 Å². The van der Waals surface area contributed by atoms with Crippen LogP contribution >= 0.6 is 0 Å². The van der Waals surface area contributed by atoms with E-state index in [0.29, 0.717) is 12.1 Å². The van der Waals surface area contributed by atoms with Crippen LogP contribution in [0.15, 0.2) is 31.1 Å². The van der Waals surface area contributed by atoms with Crippen LogP contribution in [-0.2, 0) is 0 Å². The van der Waals surface area contributed by atoms with Gasteiger partial charge in [0.1, 0.15) is 0 Å². The van der Waals surface area contributed by atoms with Gasteiger partial charge >= 0.3 is 0 Å². The Morgan fingerprint density at radius 1 is 1.47 bits per heavy atom. The van der Waals surface area contributed by atoms with Crippen LogP contribution < -0.4 is 5.32 Å². The first-order valence-corrected chi connectivity index (χ1v) is 5.90. The zero-order chi connectivity index (χ0) is 12.1. The maximum atomic E-state index is 12.1. The summed E-state index contributed by atoms with van der Waals surface area (Å²) in [4.78, 5) is 18.1. The summed E-state index contributed by atoms with van der Waals surface area (Å²) in [5.74, 6) is 0.0808. The molecule has 1 aromatic heterocycles. The molecule has 4 nitrogen and oxygen atoms in total. The first-order chi connectivity index (χ1) is 8.31. The molecule has 1 fully saturated rings. The number of pyridine rings is 1. The van der Waals surface area contributed by atoms with Gasteiger partial charge in [0.25, 0.3) is 5.91 Å². The van der Waals surface area contributed by atoms with E-state index < -0.39 is 0 Å². The van der Waals surface area contributed by atoms with Gasteiger partial charge in [0, 0.05) is 32.0 Å². The molecule has 2 heterocycles. The first kappa shape index (κ1) is 11.6. The van der Waals surface area contributed by atoms with Crippen molar-refractivity contribution in [1.29, 1.82) is 0 Å². The number of carbonyl (C=O) groups is 1. The van der Waals surface area contributed by atoms with E-state index in [1.165, 1.54) is 0 Å². The largest absolute Gasteiger partial charge is 0.380 e. The Labute approximate surface area is 101 Å². The summed E-state index contributed by atoms with van der Waals surface area (Å²) in [5, 5.41) is 3.13. The summed E-state index contributed by atoms with van der Waals surface area (Å²) in [5.41, 5.74) is 1.51. The number of carbonyl (C=O) groups excluding carboxylic acids is 1. The molecule has 1 N–H and O–H groups in total. The normalized spacial score (nSPS) is 14.7. The van der Waals surface area contributed by atoms with Crippen LogP contribution in [0.5, 0.6) is 0 Å². The third-order valence-corrected chi connectivity index (χ3v) is 2.83. The summed E-state index contributed by atoms with van der Waals surface area (Å²) in [7, 11) is 0. The molecule has 0 bridgehead atoms. The maximum absolute atomic E-state index is 12.1. The van der Waals surface area contributed by atoms with Crippen molar-refractivity contribution in [2.24, 2.45) is 0 Å². The third-order valence-electron chi connectivity index (χ3n) is 2.83. The second-order valence-electron chi connectivity index (χ2n) is 4.13. The predicted octanol–water partition coefficient (Wildman–Crippen LogP) is 1.92. The summed E-state index contributed by atoms with van der Waals surface area (Å²) in [6, 6.07) is 1.84. The Kier molecular flexibility index (Phi) is 3.75. The van der Waals surface area contributed by atoms with E-state index in [1.807, 2.05) is 11.0 Å². The van der Waals surface area contributed by atoms with Crippen LogP contribution in [0, 0.1) is 0 Å². The highest BCUT2D eigenvalue weighted by Gasteiger charge is 2.19. The Hall–Kier alpha value is -1.84. The highest BCUT2D eigenvalue weighted by atomic mass is 16.2. The van der Waals surface area contributed by atoms with Gasteiger partial charge in [-0.05, 0) is 18.9 Å². The predicted molar refractivity (Wildman–Crippen MR) is 68.1 cm³/mol. The van der Waals surface area contributed by atoms with Crippen molar-refractivity contribution in [3.05, 3.63) is 36.7 Å². The molecule has 90 valence electrons. The molecule has 0 spiro atoms.